The lowest BCUT2D eigenvalue weighted by atomic mass is 9.85. The van der Waals surface area contributed by atoms with Crippen LogP contribution in [-0.2, 0) is 11.3 Å². The number of carbonyl (C=O) groups is 1. The predicted molar refractivity (Wildman–Crippen MR) is 90.1 cm³/mol. The van der Waals surface area contributed by atoms with Gasteiger partial charge in [-0.3, -0.25) is 4.79 Å². The lowest BCUT2D eigenvalue weighted by molar-refractivity contribution is -0.135. The van der Waals surface area contributed by atoms with Gasteiger partial charge in [0.1, 0.15) is 0 Å². The summed E-state index contributed by atoms with van der Waals surface area (Å²) in [6.07, 6.45) is 3.81. The van der Waals surface area contributed by atoms with Crippen molar-refractivity contribution in [2.75, 3.05) is 7.05 Å². The fourth-order valence-corrected chi connectivity index (χ4v) is 3.07. The molecule has 1 aliphatic carbocycles. The van der Waals surface area contributed by atoms with E-state index in [1.54, 1.807) is 17.0 Å². The van der Waals surface area contributed by atoms with Crippen molar-refractivity contribution in [3.8, 4) is 0 Å². The van der Waals surface area contributed by atoms with Gasteiger partial charge in [0.2, 0.25) is 5.91 Å². The van der Waals surface area contributed by atoms with E-state index in [0.717, 1.165) is 31.2 Å². The van der Waals surface area contributed by atoms with Gasteiger partial charge in [-0.2, -0.15) is 0 Å². The molecule has 0 saturated heterocycles. The zero-order valence-electron chi connectivity index (χ0n) is 12.0. The molecule has 2 N–H and O–H groups in total. The van der Waals surface area contributed by atoms with Crippen LogP contribution in [-0.4, -0.2) is 23.9 Å². The van der Waals surface area contributed by atoms with Gasteiger partial charge in [0.25, 0.3) is 0 Å². The minimum Gasteiger partial charge on any atom is -0.341 e. The molecule has 6 heteroatoms. The Morgan fingerprint density at radius 1 is 1.33 bits per heavy atom. The molecular formula is C15H21Cl3N2O. The molecule has 0 aromatic heterocycles. The maximum Gasteiger partial charge on any atom is 0.225 e. The normalized spacial score (nSPS) is 21.5. The SMILES string of the molecule is CN(Cc1ccc(Cl)c(Cl)c1)C(=O)C1CCCC(N)C1.Cl. The molecule has 2 rings (SSSR count). The van der Waals surface area contributed by atoms with Crippen LogP contribution in [0.1, 0.15) is 31.2 Å². The standard InChI is InChI=1S/C15H20Cl2N2O.ClH/c1-19(9-10-5-6-13(16)14(17)7-10)15(20)11-3-2-4-12(18)8-11;/h5-7,11-12H,2-4,8-9,18H2,1H3;1H. The summed E-state index contributed by atoms with van der Waals surface area (Å²) in [5.41, 5.74) is 6.93. The number of hydrogen-bond donors (Lipinski definition) is 1. The van der Waals surface area contributed by atoms with Gasteiger partial charge in [-0.25, -0.2) is 0 Å². The van der Waals surface area contributed by atoms with Gasteiger partial charge in [0.05, 0.1) is 10.0 Å². The van der Waals surface area contributed by atoms with E-state index in [1.165, 1.54) is 0 Å². The Labute approximate surface area is 142 Å². The highest BCUT2D eigenvalue weighted by Gasteiger charge is 2.27. The Morgan fingerprint density at radius 3 is 2.67 bits per heavy atom. The van der Waals surface area contributed by atoms with Crippen LogP contribution in [0.15, 0.2) is 18.2 Å². The summed E-state index contributed by atoms with van der Waals surface area (Å²) in [4.78, 5) is 14.2. The molecule has 2 atom stereocenters. The van der Waals surface area contributed by atoms with Crippen molar-refractivity contribution in [2.45, 2.75) is 38.3 Å². The Bertz CT molecular complexity index is 496. The first-order chi connectivity index (χ1) is 9.47. The van der Waals surface area contributed by atoms with Crippen LogP contribution in [0.3, 0.4) is 0 Å². The van der Waals surface area contributed by atoms with Crippen LogP contribution in [0.2, 0.25) is 10.0 Å². The zero-order valence-corrected chi connectivity index (χ0v) is 14.3. The van der Waals surface area contributed by atoms with E-state index < -0.39 is 0 Å². The smallest absolute Gasteiger partial charge is 0.225 e. The maximum atomic E-state index is 12.4. The van der Waals surface area contributed by atoms with Crippen molar-refractivity contribution < 1.29 is 4.79 Å². The van der Waals surface area contributed by atoms with E-state index >= 15 is 0 Å². The molecule has 1 amide bonds. The molecular weight excluding hydrogens is 331 g/mol. The first-order valence-electron chi connectivity index (χ1n) is 6.92. The van der Waals surface area contributed by atoms with E-state index in [0.29, 0.717) is 16.6 Å². The van der Waals surface area contributed by atoms with Crippen LogP contribution in [0, 0.1) is 5.92 Å². The van der Waals surface area contributed by atoms with Gasteiger partial charge in [-0.05, 0) is 37.0 Å². The number of carbonyl (C=O) groups excluding carboxylic acids is 1. The van der Waals surface area contributed by atoms with Gasteiger partial charge in [0, 0.05) is 25.6 Å². The highest BCUT2D eigenvalue weighted by Crippen LogP contribution is 2.26. The van der Waals surface area contributed by atoms with Crippen molar-refractivity contribution in [1.82, 2.24) is 4.90 Å². The Kier molecular flexibility index (Phi) is 7.28. The molecule has 1 aromatic carbocycles. The van der Waals surface area contributed by atoms with Gasteiger partial charge >= 0.3 is 0 Å². The van der Waals surface area contributed by atoms with Gasteiger partial charge < -0.3 is 10.6 Å². The second-order valence-corrected chi connectivity index (χ2v) is 6.38. The van der Waals surface area contributed by atoms with E-state index in [2.05, 4.69) is 0 Å². The summed E-state index contributed by atoms with van der Waals surface area (Å²) in [5.74, 6) is 0.234. The highest BCUT2D eigenvalue weighted by atomic mass is 35.5. The molecule has 0 aliphatic heterocycles. The van der Waals surface area contributed by atoms with Crippen molar-refractivity contribution in [3.05, 3.63) is 33.8 Å². The molecule has 0 bridgehead atoms. The fourth-order valence-electron chi connectivity index (χ4n) is 2.75. The van der Waals surface area contributed by atoms with Crippen molar-refractivity contribution in [3.63, 3.8) is 0 Å². The molecule has 118 valence electrons. The molecule has 1 fully saturated rings. The minimum absolute atomic E-state index is 0. The molecule has 0 heterocycles. The molecule has 3 nitrogen and oxygen atoms in total. The average molecular weight is 352 g/mol. The number of nitrogens with two attached hydrogens (primary N) is 1. The molecule has 1 aromatic rings. The first kappa shape index (κ1) is 18.6. The largest absolute Gasteiger partial charge is 0.341 e. The Hall–Kier alpha value is -0.480. The second-order valence-electron chi connectivity index (χ2n) is 5.57. The molecule has 1 saturated carbocycles. The first-order valence-corrected chi connectivity index (χ1v) is 7.67. The number of rotatable bonds is 3. The zero-order chi connectivity index (χ0) is 14.7. The fraction of sp³-hybridized carbons (Fsp3) is 0.533. The molecule has 0 radical (unpaired) electrons. The van der Waals surface area contributed by atoms with E-state index in [9.17, 15) is 4.79 Å². The Morgan fingerprint density at radius 2 is 2.05 bits per heavy atom. The summed E-state index contributed by atoms with van der Waals surface area (Å²) < 4.78 is 0. The number of hydrogen-bond acceptors (Lipinski definition) is 2. The molecule has 2 unspecified atom stereocenters. The molecule has 21 heavy (non-hydrogen) atoms. The second kappa shape index (κ2) is 8.23. The van der Waals surface area contributed by atoms with Crippen molar-refractivity contribution in [2.24, 2.45) is 11.7 Å². The number of halogens is 3. The molecule has 1 aliphatic rings. The summed E-state index contributed by atoms with van der Waals surface area (Å²) in [6, 6.07) is 5.62. The quantitative estimate of drug-likeness (QED) is 0.898. The van der Waals surface area contributed by atoms with Crippen LogP contribution in [0.4, 0.5) is 0 Å². The maximum absolute atomic E-state index is 12.4. The third-order valence-electron chi connectivity index (χ3n) is 3.84. The van der Waals surface area contributed by atoms with Crippen LogP contribution in [0.5, 0.6) is 0 Å². The summed E-state index contributed by atoms with van der Waals surface area (Å²) in [6.45, 7) is 0.543. The Balaban J connectivity index is 0.00000220. The lowest BCUT2D eigenvalue weighted by Crippen LogP contribution is -2.38. The van der Waals surface area contributed by atoms with Crippen LogP contribution >= 0.6 is 35.6 Å². The minimum atomic E-state index is 0. The van der Waals surface area contributed by atoms with Crippen molar-refractivity contribution in [1.29, 1.82) is 0 Å². The van der Waals surface area contributed by atoms with Gasteiger partial charge in [-0.15, -0.1) is 12.4 Å². The van der Waals surface area contributed by atoms with E-state index in [1.807, 2.05) is 13.1 Å². The topological polar surface area (TPSA) is 46.3 Å². The van der Waals surface area contributed by atoms with Crippen molar-refractivity contribution >= 4 is 41.5 Å². The number of amides is 1. The van der Waals surface area contributed by atoms with E-state index in [-0.39, 0.29) is 30.3 Å². The monoisotopic (exact) mass is 350 g/mol. The summed E-state index contributed by atoms with van der Waals surface area (Å²) in [5, 5.41) is 1.05. The molecule has 0 spiro atoms. The lowest BCUT2D eigenvalue weighted by Gasteiger charge is -2.29. The van der Waals surface area contributed by atoms with Crippen LogP contribution in [0.25, 0.3) is 0 Å². The number of nitrogens with zero attached hydrogens (tertiary/aromatic N) is 1. The number of benzene rings is 1. The highest BCUT2D eigenvalue weighted by molar-refractivity contribution is 6.42. The average Bonchev–Trinajstić information content (AvgIpc) is 2.42. The third-order valence-corrected chi connectivity index (χ3v) is 4.58. The van der Waals surface area contributed by atoms with Gasteiger partial charge in [-0.1, -0.05) is 35.7 Å². The predicted octanol–water partition coefficient (Wildman–Crippen LogP) is 3.89. The van der Waals surface area contributed by atoms with Gasteiger partial charge in [0.15, 0.2) is 0 Å². The summed E-state index contributed by atoms with van der Waals surface area (Å²) >= 11 is 11.9. The van der Waals surface area contributed by atoms with Crippen LogP contribution < -0.4 is 5.73 Å². The third kappa shape index (κ3) is 5.03. The van der Waals surface area contributed by atoms with E-state index in [4.69, 9.17) is 28.9 Å². The summed E-state index contributed by atoms with van der Waals surface area (Å²) in [7, 11) is 1.82.